The zero-order chi connectivity index (χ0) is 29.1. The number of H-pyrrole nitrogens is 1. The second kappa shape index (κ2) is 12.1. The predicted octanol–water partition coefficient (Wildman–Crippen LogP) is 1.90. The van der Waals surface area contributed by atoms with Crippen LogP contribution in [0.15, 0.2) is 46.1 Å². The molecule has 2 aromatic rings. The van der Waals surface area contributed by atoms with Gasteiger partial charge in [-0.05, 0) is 32.9 Å². The van der Waals surface area contributed by atoms with Crippen molar-refractivity contribution >= 4 is 13.6 Å². The van der Waals surface area contributed by atoms with E-state index in [-0.39, 0.29) is 5.75 Å². The van der Waals surface area contributed by atoms with Crippen LogP contribution in [0.3, 0.4) is 0 Å². The number of aliphatic hydroxyl groups is 2. The number of rotatable bonds is 11. The maximum absolute atomic E-state index is 14.1. The molecular formula is C24H31F2N2O10P. The molecule has 3 N–H and O–H groups in total. The summed E-state index contributed by atoms with van der Waals surface area (Å²) < 4.78 is 64.3. The fourth-order valence-corrected chi connectivity index (χ4v) is 6.13. The molecule has 0 bridgehead atoms. The summed E-state index contributed by atoms with van der Waals surface area (Å²) in [6.45, 7) is 4.37. The van der Waals surface area contributed by atoms with E-state index in [0.29, 0.717) is 10.8 Å². The second-order valence-corrected chi connectivity index (χ2v) is 11.5. The van der Waals surface area contributed by atoms with E-state index in [1.165, 1.54) is 26.0 Å². The number of nitrogens with zero attached hydrogens (tertiary/aromatic N) is 1. The minimum Gasteiger partial charge on any atom is -0.463 e. The van der Waals surface area contributed by atoms with Crippen LogP contribution >= 0.6 is 7.60 Å². The lowest BCUT2D eigenvalue weighted by atomic mass is 9.93. The van der Waals surface area contributed by atoms with E-state index in [0.717, 1.165) is 0 Å². The van der Waals surface area contributed by atoms with Gasteiger partial charge in [-0.1, -0.05) is 25.1 Å². The van der Waals surface area contributed by atoms with Gasteiger partial charge in [0.2, 0.25) is 5.82 Å². The van der Waals surface area contributed by atoms with Crippen molar-refractivity contribution < 1.29 is 46.9 Å². The molecule has 0 spiro atoms. The van der Waals surface area contributed by atoms with Gasteiger partial charge in [-0.25, -0.2) is 13.8 Å². The Balaban J connectivity index is 1.91. The molecule has 15 heteroatoms. The standard InChI is InChI=1S/C24H31F2N2O10P/c1-13(2)35-21(31)14(3)11-39(34,38-16-8-6-5-7-9-16)37-15(4)18-19(29)24(33,12-25)22(36-18)28-10-17(26)20(30)27-23(28)32/h5-10,13-15,18-19,22,29,33H,11-12H2,1-4H3,(H,27,30,32)/t14-,15-,18-,19+,22-,24?,39?/m1/s1. The number of halogens is 2. The fourth-order valence-electron chi connectivity index (χ4n) is 4.04. The third-order valence-electron chi connectivity index (χ3n) is 5.96. The Hall–Kier alpha value is -2.90. The number of benzene rings is 1. The van der Waals surface area contributed by atoms with Crippen molar-refractivity contribution in [3.63, 3.8) is 0 Å². The largest absolute Gasteiger partial charge is 0.463 e. The first-order chi connectivity index (χ1) is 18.2. The highest BCUT2D eigenvalue weighted by molar-refractivity contribution is 7.54. The molecule has 12 nitrogen and oxygen atoms in total. The molecule has 39 heavy (non-hydrogen) atoms. The average molecular weight is 576 g/mol. The van der Waals surface area contributed by atoms with Gasteiger partial charge in [0.05, 0.1) is 30.5 Å². The van der Waals surface area contributed by atoms with Crippen molar-refractivity contribution in [3.8, 4) is 5.75 Å². The van der Waals surface area contributed by atoms with Crippen molar-refractivity contribution in [2.24, 2.45) is 5.92 Å². The molecule has 0 saturated carbocycles. The number of hydrogen-bond donors (Lipinski definition) is 3. The summed E-state index contributed by atoms with van der Waals surface area (Å²) in [4.78, 5) is 37.7. The van der Waals surface area contributed by atoms with E-state index in [2.05, 4.69) is 0 Å². The molecule has 1 saturated heterocycles. The molecule has 0 amide bonds. The number of alkyl halides is 1. The highest BCUT2D eigenvalue weighted by atomic mass is 31.2. The Morgan fingerprint density at radius 3 is 2.46 bits per heavy atom. The van der Waals surface area contributed by atoms with Gasteiger partial charge in [-0.2, -0.15) is 4.39 Å². The quantitative estimate of drug-likeness (QED) is 0.266. The van der Waals surface area contributed by atoms with Crippen LogP contribution in [0.1, 0.15) is 33.9 Å². The van der Waals surface area contributed by atoms with Crippen LogP contribution in [-0.4, -0.2) is 68.6 Å². The minimum atomic E-state index is -4.24. The molecule has 7 atom stereocenters. The average Bonchev–Trinajstić information content (AvgIpc) is 3.12. The van der Waals surface area contributed by atoms with E-state index in [9.17, 15) is 37.9 Å². The highest BCUT2D eigenvalue weighted by Gasteiger charge is 2.59. The van der Waals surface area contributed by atoms with Crippen LogP contribution in [0.4, 0.5) is 8.78 Å². The Bertz CT molecular complexity index is 1320. The highest BCUT2D eigenvalue weighted by Crippen LogP contribution is 2.53. The van der Waals surface area contributed by atoms with E-state index in [1.54, 1.807) is 37.0 Å². The maximum atomic E-state index is 14.1. The van der Waals surface area contributed by atoms with Crippen molar-refractivity contribution in [3.05, 3.63) is 63.2 Å². The molecule has 1 aromatic carbocycles. The first-order valence-electron chi connectivity index (χ1n) is 12.1. The maximum Gasteiger partial charge on any atom is 0.380 e. The fraction of sp³-hybridized carbons (Fsp3) is 0.542. The van der Waals surface area contributed by atoms with Crippen LogP contribution in [0.25, 0.3) is 0 Å². The predicted molar refractivity (Wildman–Crippen MR) is 133 cm³/mol. The summed E-state index contributed by atoms with van der Waals surface area (Å²) in [5, 5.41) is 21.7. The van der Waals surface area contributed by atoms with Gasteiger partial charge in [-0.15, -0.1) is 0 Å². The molecule has 216 valence electrons. The number of nitrogens with one attached hydrogen (secondary N) is 1. The van der Waals surface area contributed by atoms with Crippen LogP contribution in [-0.2, 0) is 23.4 Å². The number of carbonyl (C=O) groups excluding carboxylic acids is 1. The normalized spacial score (nSPS) is 26.1. The van der Waals surface area contributed by atoms with Crippen molar-refractivity contribution in [1.29, 1.82) is 0 Å². The molecule has 1 fully saturated rings. The van der Waals surface area contributed by atoms with Crippen LogP contribution in [0, 0.1) is 11.7 Å². The summed E-state index contributed by atoms with van der Waals surface area (Å²) in [6.07, 6.45) is -7.58. The molecule has 3 rings (SSSR count). The topological polar surface area (TPSA) is 166 Å². The second-order valence-electron chi connectivity index (χ2n) is 9.56. The molecular weight excluding hydrogens is 545 g/mol. The Kier molecular flexibility index (Phi) is 9.50. The molecule has 1 aromatic heterocycles. The van der Waals surface area contributed by atoms with Gasteiger partial charge in [0.25, 0.3) is 5.56 Å². The summed E-state index contributed by atoms with van der Waals surface area (Å²) in [6, 6.07) is 7.89. The van der Waals surface area contributed by atoms with Gasteiger partial charge in [0.15, 0.2) is 11.8 Å². The number of ether oxygens (including phenoxy) is 2. The number of aliphatic hydroxyl groups excluding tert-OH is 1. The summed E-state index contributed by atoms with van der Waals surface area (Å²) in [7, 11) is -4.24. The lowest BCUT2D eigenvalue weighted by Crippen LogP contribution is -2.52. The van der Waals surface area contributed by atoms with Gasteiger partial charge < -0.3 is 24.2 Å². The molecule has 2 unspecified atom stereocenters. The summed E-state index contributed by atoms with van der Waals surface area (Å²) >= 11 is 0. The van der Waals surface area contributed by atoms with E-state index in [1.807, 2.05) is 0 Å². The van der Waals surface area contributed by atoms with Gasteiger partial charge >= 0.3 is 19.3 Å². The van der Waals surface area contributed by atoms with E-state index in [4.69, 9.17) is 18.5 Å². The van der Waals surface area contributed by atoms with Crippen molar-refractivity contribution in [2.75, 3.05) is 12.8 Å². The smallest absolute Gasteiger partial charge is 0.380 e. The number of para-hydroxylation sites is 1. The molecule has 0 aliphatic carbocycles. The van der Waals surface area contributed by atoms with Crippen LogP contribution < -0.4 is 15.8 Å². The SMILES string of the molecule is CC(C)OC(=O)[C@H](C)CP(=O)(Oc1ccccc1)O[C@H](C)[C@H]1O[C@@H](n2cc(F)c(=O)[nH]c2=O)C(O)(CF)[C@H]1O. The molecule has 1 aliphatic rings. The lowest BCUT2D eigenvalue weighted by molar-refractivity contribution is -0.151. The first kappa shape index (κ1) is 30.6. The molecule has 0 radical (unpaired) electrons. The van der Waals surface area contributed by atoms with Crippen molar-refractivity contribution in [1.82, 2.24) is 9.55 Å². The third-order valence-corrected chi connectivity index (χ3v) is 8.09. The summed E-state index contributed by atoms with van der Waals surface area (Å²) in [5.74, 6) is -2.91. The van der Waals surface area contributed by atoms with Gasteiger partial charge in [0, 0.05) is 0 Å². The van der Waals surface area contributed by atoms with Gasteiger partial charge in [0.1, 0.15) is 24.6 Å². The molecule has 2 heterocycles. The monoisotopic (exact) mass is 576 g/mol. The summed E-state index contributed by atoms with van der Waals surface area (Å²) in [5.41, 5.74) is -5.37. The zero-order valence-electron chi connectivity index (χ0n) is 21.7. The van der Waals surface area contributed by atoms with Crippen LogP contribution in [0.5, 0.6) is 5.75 Å². The minimum absolute atomic E-state index is 0.138. The van der Waals surface area contributed by atoms with E-state index < -0.39 is 85.6 Å². The van der Waals surface area contributed by atoms with E-state index >= 15 is 0 Å². The number of aromatic amines is 1. The van der Waals surface area contributed by atoms with Gasteiger partial charge in [-0.3, -0.25) is 23.7 Å². The lowest BCUT2D eigenvalue weighted by Gasteiger charge is -2.30. The third kappa shape index (κ3) is 6.82. The zero-order valence-corrected chi connectivity index (χ0v) is 22.5. The van der Waals surface area contributed by atoms with Crippen molar-refractivity contribution in [2.45, 2.75) is 63.9 Å². The Labute approximate surface area is 222 Å². The first-order valence-corrected chi connectivity index (χ1v) is 13.8. The molecule has 1 aliphatic heterocycles. The Morgan fingerprint density at radius 2 is 1.87 bits per heavy atom. The number of aromatic nitrogens is 2. The number of carbonyl (C=O) groups is 1. The Morgan fingerprint density at radius 1 is 1.23 bits per heavy atom. The number of esters is 1. The number of hydrogen-bond acceptors (Lipinski definition) is 10. The van der Waals surface area contributed by atoms with Crippen LogP contribution in [0.2, 0.25) is 0 Å².